The molecule has 0 saturated heterocycles. The molecule has 12 rings (SSSR count). The molecule has 0 amide bonds. The first-order chi connectivity index (χ1) is 23.7. The molecule has 48 heavy (non-hydrogen) atoms. The number of fused-ring (bicyclic) bond motifs is 7. The van der Waals surface area contributed by atoms with Crippen molar-refractivity contribution in [3.05, 3.63) is 121 Å². The van der Waals surface area contributed by atoms with Crippen molar-refractivity contribution in [3.8, 4) is 28.5 Å². The van der Waals surface area contributed by atoms with E-state index in [4.69, 9.17) is 15.0 Å². The first-order valence-corrected chi connectivity index (χ1v) is 18.3. The molecule has 232 valence electrons. The van der Waals surface area contributed by atoms with Crippen LogP contribution in [0.5, 0.6) is 0 Å². The van der Waals surface area contributed by atoms with Gasteiger partial charge in [0.1, 0.15) is 5.82 Å². The Morgan fingerprint density at radius 2 is 1.23 bits per heavy atom. The van der Waals surface area contributed by atoms with Crippen molar-refractivity contribution >= 4 is 53.3 Å². The van der Waals surface area contributed by atoms with E-state index in [1.54, 1.807) is 0 Å². The quantitative estimate of drug-likeness (QED) is 0.193. The molecule has 4 nitrogen and oxygen atoms in total. The molecule has 3 heterocycles. The fraction of sp³-hybridized carbons (Fsp3) is 0.233. The van der Waals surface area contributed by atoms with Gasteiger partial charge in [-0.15, -0.1) is 11.3 Å². The number of benzene rings is 5. The number of nitrogens with zero attached hydrogens (tertiary/aromatic N) is 4. The molecule has 8 aromatic rings. The summed E-state index contributed by atoms with van der Waals surface area (Å²) in [6, 6.07) is 41.6. The van der Waals surface area contributed by atoms with Gasteiger partial charge >= 0.3 is 0 Å². The standard InChI is InChI=1S/C43H34N4S/c1-2-9-29(10-3-1)40-44-41(46-42(45-40)43-23-26-19-27(24-43)21-28(20-26)25-43)30-11-8-12-31(22-30)47-35-15-6-4-13-32(35)33-17-18-37-38(39(33)47)34-14-5-7-16-36(34)48-37/h1-18,22,26-28H,19-21,23-25H2. The average Bonchev–Trinajstić information content (AvgIpc) is 3.67. The van der Waals surface area contributed by atoms with Gasteiger partial charge in [0.25, 0.3) is 0 Å². The number of hydrogen-bond donors (Lipinski definition) is 0. The third-order valence-corrected chi connectivity index (χ3v) is 12.9. The fourth-order valence-electron chi connectivity index (χ4n) is 10.2. The number of para-hydroxylation sites is 1. The largest absolute Gasteiger partial charge is 0.309 e. The lowest BCUT2D eigenvalue weighted by atomic mass is 9.49. The Balaban J connectivity index is 1.14. The highest BCUT2D eigenvalue weighted by atomic mass is 32.1. The predicted molar refractivity (Wildman–Crippen MR) is 198 cm³/mol. The maximum atomic E-state index is 5.42. The van der Waals surface area contributed by atoms with Crippen LogP contribution in [0.4, 0.5) is 0 Å². The van der Waals surface area contributed by atoms with Crippen LogP contribution in [0.15, 0.2) is 115 Å². The molecular weight excluding hydrogens is 605 g/mol. The van der Waals surface area contributed by atoms with Crippen molar-refractivity contribution in [2.24, 2.45) is 17.8 Å². The Kier molecular flexibility index (Phi) is 5.69. The van der Waals surface area contributed by atoms with E-state index in [-0.39, 0.29) is 5.41 Å². The molecule has 5 aromatic carbocycles. The van der Waals surface area contributed by atoms with Crippen molar-refractivity contribution in [2.45, 2.75) is 43.9 Å². The van der Waals surface area contributed by atoms with Gasteiger partial charge in [-0.25, -0.2) is 15.0 Å². The van der Waals surface area contributed by atoms with Gasteiger partial charge in [0, 0.05) is 53.2 Å². The maximum absolute atomic E-state index is 5.42. The molecule has 4 saturated carbocycles. The summed E-state index contributed by atoms with van der Waals surface area (Å²) >= 11 is 1.87. The van der Waals surface area contributed by atoms with E-state index in [0.717, 1.165) is 52.0 Å². The van der Waals surface area contributed by atoms with E-state index >= 15 is 0 Å². The molecule has 0 atom stereocenters. The van der Waals surface area contributed by atoms with Crippen molar-refractivity contribution in [1.82, 2.24) is 19.5 Å². The zero-order valence-corrected chi connectivity index (χ0v) is 27.5. The van der Waals surface area contributed by atoms with Crippen LogP contribution in [0.1, 0.15) is 44.3 Å². The third-order valence-electron chi connectivity index (χ3n) is 11.7. The number of aromatic nitrogens is 4. The molecule has 0 spiro atoms. The minimum Gasteiger partial charge on any atom is -0.309 e. The topological polar surface area (TPSA) is 43.6 Å². The van der Waals surface area contributed by atoms with Crippen molar-refractivity contribution in [3.63, 3.8) is 0 Å². The van der Waals surface area contributed by atoms with Crippen LogP contribution in [0.2, 0.25) is 0 Å². The van der Waals surface area contributed by atoms with Crippen LogP contribution in [-0.2, 0) is 5.41 Å². The molecule has 5 heteroatoms. The van der Waals surface area contributed by atoms with Crippen LogP contribution in [0, 0.1) is 17.8 Å². The Labute approximate surface area is 283 Å². The SMILES string of the molecule is c1ccc(-c2nc(-c3cccc(-n4c5ccccc5c5ccc6sc7ccccc7c6c54)c3)nc(C34CC5CC(CC(C5)C3)C4)n2)cc1. The summed E-state index contributed by atoms with van der Waals surface area (Å²) in [4.78, 5) is 15.9. The molecule has 4 fully saturated rings. The van der Waals surface area contributed by atoms with E-state index in [0.29, 0.717) is 0 Å². The van der Waals surface area contributed by atoms with Crippen molar-refractivity contribution < 1.29 is 0 Å². The van der Waals surface area contributed by atoms with Crippen LogP contribution in [0.25, 0.3) is 70.4 Å². The van der Waals surface area contributed by atoms with Gasteiger partial charge in [0.15, 0.2) is 11.6 Å². The average molecular weight is 639 g/mol. The molecule has 0 unspecified atom stereocenters. The number of thiophene rings is 1. The molecule has 4 bridgehead atoms. The molecule has 4 aliphatic carbocycles. The summed E-state index contributed by atoms with van der Waals surface area (Å²) in [5.74, 6) is 5.06. The normalized spacial score (nSPS) is 23.2. The lowest BCUT2D eigenvalue weighted by Gasteiger charge is -2.56. The highest BCUT2D eigenvalue weighted by Gasteiger charge is 2.53. The molecule has 4 aliphatic rings. The van der Waals surface area contributed by atoms with Gasteiger partial charge < -0.3 is 4.57 Å². The second-order valence-corrected chi connectivity index (χ2v) is 15.8. The molecule has 3 aromatic heterocycles. The summed E-state index contributed by atoms with van der Waals surface area (Å²) in [6.45, 7) is 0. The predicted octanol–water partition coefficient (Wildman–Crippen LogP) is 11.1. The Morgan fingerprint density at radius 3 is 2.02 bits per heavy atom. The van der Waals surface area contributed by atoms with Gasteiger partial charge in [-0.3, -0.25) is 0 Å². The first kappa shape index (κ1) is 27.1. The van der Waals surface area contributed by atoms with Crippen LogP contribution in [-0.4, -0.2) is 19.5 Å². The van der Waals surface area contributed by atoms with Crippen molar-refractivity contribution in [1.29, 1.82) is 0 Å². The van der Waals surface area contributed by atoms with E-state index < -0.39 is 0 Å². The maximum Gasteiger partial charge on any atom is 0.163 e. The second-order valence-electron chi connectivity index (χ2n) is 14.7. The fourth-order valence-corrected chi connectivity index (χ4v) is 11.3. The highest BCUT2D eigenvalue weighted by molar-refractivity contribution is 7.26. The van der Waals surface area contributed by atoms with Gasteiger partial charge in [-0.2, -0.15) is 0 Å². The summed E-state index contributed by atoms with van der Waals surface area (Å²) in [5.41, 5.74) is 5.76. The van der Waals surface area contributed by atoms with Crippen LogP contribution in [0.3, 0.4) is 0 Å². The monoisotopic (exact) mass is 638 g/mol. The number of hydrogen-bond acceptors (Lipinski definition) is 4. The van der Waals surface area contributed by atoms with Crippen LogP contribution >= 0.6 is 11.3 Å². The molecular formula is C43H34N4S. The number of rotatable bonds is 4. The zero-order valence-electron chi connectivity index (χ0n) is 26.6. The highest BCUT2D eigenvalue weighted by Crippen LogP contribution is 2.60. The zero-order chi connectivity index (χ0) is 31.4. The van der Waals surface area contributed by atoms with Gasteiger partial charge in [-0.1, -0.05) is 84.9 Å². The first-order valence-electron chi connectivity index (χ1n) is 17.5. The molecule has 0 radical (unpaired) electrons. The van der Waals surface area contributed by atoms with E-state index in [9.17, 15) is 0 Å². The third kappa shape index (κ3) is 3.97. The summed E-state index contributed by atoms with van der Waals surface area (Å²) < 4.78 is 5.10. The Morgan fingerprint density at radius 1 is 0.562 bits per heavy atom. The van der Waals surface area contributed by atoms with E-state index in [1.165, 1.54) is 80.5 Å². The van der Waals surface area contributed by atoms with Gasteiger partial charge in [-0.05, 0) is 86.6 Å². The smallest absolute Gasteiger partial charge is 0.163 e. The van der Waals surface area contributed by atoms with E-state index in [2.05, 4.69) is 120 Å². The molecule has 0 N–H and O–H groups in total. The summed E-state index contributed by atoms with van der Waals surface area (Å²) in [6.07, 6.45) is 7.87. The minimum absolute atomic E-state index is 0.0754. The lowest BCUT2D eigenvalue weighted by molar-refractivity contribution is -0.00938. The molecule has 0 aliphatic heterocycles. The van der Waals surface area contributed by atoms with Gasteiger partial charge in [0.05, 0.1) is 11.0 Å². The van der Waals surface area contributed by atoms with E-state index in [1.807, 2.05) is 11.3 Å². The minimum atomic E-state index is 0.0754. The van der Waals surface area contributed by atoms with Crippen molar-refractivity contribution in [2.75, 3.05) is 0 Å². The Bertz CT molecular complexity index is 2520. The second kappa shape index (κ2) is 10.1. The van der Waals surface area contributed by atoms with Crippen LogP contribution < -0.4 is 0 Å². The summed E-state index contributed by atoms with van der Waals surface area (Å²) in [7, 11) is 0. The van der Waals surface area contributed by atoms with Gasteiger partial charge in [0.2, 0.25) is 0 Å². The Hall–Kier alpha value is -4.87. The summed E-state index contributed by atoms with van der Waals surface area (Å²) in [5, 5.41) is 5.19. The lowest BCUT2D eigenvalue weighted by Crippen LogP contribution is -2.49.